The number of hydrogen-bond acceptors (Lipinski definition) is 6. The zero-order valence-corrected chi connectivity index (χ0v) is 21.2. The zero-order chi connectivity index (χ0) is 27.2. The van der Waals surface area contributed by atoms with Gasteiger partial charge in [0.05, 0.1) is 24.9 Å². The van der Waals surface area contributed by atoms with Crippen molar-refractivity contribution < 1.29 is 23.2 Å². The molecule has 2 saturated heterocycles. The van der Waals surface area contributed by atoms with Gasteiger partial charge in [-0.3, -0.25) is 14.4 Å². The number of likely N-dealkylation sites (tertiary alicyclic amines) is 1. The van der Waals surface area contributed by atoms with Crippen molar-refractivity contribution in [2.24, 2.45) is 5.92 Å². The van der Waals surface area contributed by atoms with Crippen LogP contribution >= 0.6 is 0 Å². The second kappa shape index (κ2) is 9.78. The summed E-state index contributed by atoms with van der Waals surface area (Å²) in [6.07, 6.45) is 1.14. The predicted octanol–water partition coefficient (Wildman–Crippen LogP) is 1.95. The van der Waals surface area contributed by atoms with E-state index in [1.54, 1.807) is 15.7 Å². The van der Waals surface area contributed by atoms with E-state index < -0.39 is 48.7 Å². The molecule has 200 valence electrons. The average Bonchev–Trinajstić information content (AvgIpc) is 3.64. The topological polar surface area (TPSA) is 124 Å². The summed E-state index contributed by atoms with van der Waals surface area (Å²) in [6.45, 7) is 4.60. The van der Waals surface area contributed by atoms with Crippen LogP contribution in [-0.4, -0.2) is 67.1 Å². The van der Waals surface area contributed by atoms with Crippen molar-refractivity contribution in [1.29, 1.82) is 5.26 Å². The quantitative estimate of drug-likeness (QED) is 0.615. The second-order valence-corrected chi connectivity index (χ2v) is 10.7. The largest absolute Gasteiger partial charge is 0.344 e. The van der Waals surface area contributed by atoms with E-state index in [4.69, 9.17) is 0 Å². The molecule has 1 aromatic heterocycles. The predicted molar refractivity (Wildman–Crippen MR) is 129 cm³/mol. The molecular formula is C26H29F2N7O3. The number of hydrogen-bond donors (Lipinski definition) is 1. The number of nitrogens with one attached hydrogen (secondary N) is 1. The number of rotatable bonds is 6. The van der Waals surface area contributed by atoms with Crippen molar-refractivity contribution in [3.63, 3.8) is 0 Å². The van der Waals surface area contributed by atoms with Gasteiger partial charge in [0.15, 0.2) is 0 Å². The maximum Gasteiger partial charge on any atom is 0.268 e. The molecule has 12 heteroatoms. The van der Waals surface area contributed by atoms with Gasteiger partial charge in [-0.25, -0.2) is 13.5 Å². The molecule has 1 N–H and O–H groups in total. The third-order valence-corrected chi connectivity index (χ3v) is 7.54. The zero-order valence-electron chi connectivity index (χ0n) is 21.2. The van der Waals surface area contributed by atoms with Crippen LogP contribution in [0.5, 0.6) is 0 Å². The van der Waals surface area contributed by atoms with E-state index in [9.17, 15) is 28.4 Å². The highest BCUT2D eigenvalue weighted by atomic mass is 19.3. The Hall–Kier alpha value is -3.88. The summed E-state index contributed by atoms with van der Waals surface area (Å²) in [5.41, 5.74) is 4.02. The van der Waals surface area contributed by atoms with Crippen molar-refractivity contribution >= 4 is 17.7 Å². The van der Waals surface area contributed by atoms with Gasteiger partial charge in [-0.15, -0.1) is 5.10 Å². The van der Waals surface area contributed by atoms with Crippen LogP contribution in [-0.2, 0) is 34.0 Å². The standard InChI is InChI=1S/C26H29F2N7O3/c1-15(2)22-13-34(32-31-22)11-17-5-3-4-16-10-33(12-20(16)17)23(36)7-18-6-21(30-24(18)37)25(38)35-14-26(27,28)8-19(35)9-29/h3-5,13,15,18-19,21H,6-8,10-12,14H2,1-2H3,(H,30,37)/t18-,19-,21-/m0/s1. The van der Waals surface area contributed by atoms with Crippen LogP contribution in [0.2, 0.25) is 0 Å². The highest BCUT2D eigenvalue weighted by molar-refractivity contribution is 5.94. The molecule has 0 radical (unpaired) electrons. The Morgan fingerprint density at radius 3 is 2.79 bits per heavy atom. The molecule has 3 atom stereocenters. The van der Waals surface area contributed by atoms with E-state index in [2.05, 4.69) is 29.5 Å². The molecule has 10 nitrogen and oxygen atoms in total. The summed E-state index contributed by atoms with van der Waals surface area (Å²) in [4.78, 5) is 41.1. The van der Waals surface area contributed by atoms with Gasteiger partial charge in [0.1, 0.15) is 12.1 Å². The SMILES string of the molecule is CC(C)c1cn(Cc2cccc3c2CN(C(=O)C[C@@H]2C[C@@H](C(=O)N4CC(F)(F)C[C@H]4C#N)NC2=O)C3)nn1. The highest BCUT2D eigenvalue weighted by Gasteiger charge is 2.50. The average molecular weight is 526 g/mol. The summed E-state index contributed by atoms with van der Waals surface area (Å²) in [6, 6.07) is 5.40. The Morgan fingerprint density at radius 1 is 1.29 bits per heavy atom. The molecule has 2 fully saturated rings. The van der Waals surface area contributed by atoms with Gasteiger partial charge >= 0.3 is 0 Å². The molecule has 2 aromatic rings. The van der Waals surface area contributed by atoms with E-state index in [0.29, 0.717) is 19.6 Å². The molecule has 0 aliphatic carbocycles. The highest BCUT2D eigenvalue weighted by Crippen LogP contribution is 2.34. The van der Waals surface area contributed by atoms with Gasteiger partial charge in [-0.05, 0) is 29.0 Å². The molecule has 0 saturated carbocycles. The van der Waals surface area contributed by atoms with E-state index in [0.717, 1.165) is 27.3 Å². The van der Waals surface area contributed by atoms with Crippen molar-refractivity contribution in [1.82, 2.24) is 30.1 Å². The molecule has 1 aromatic carbocycles. The fraction of sp³-hybridized carbons (Fsp3) is 0.538. The fourth-order valence-electron chi connectivity index (χ4n) is 5.43. The minimum atomic E-state index is -3.14. The first-order valence-corrected chi connectivity index (χ1v) is 12.7. The van der Waals surface area contributed by atoms with Crippen LogP contribution in [0.15, 0.2) is 24.4 Å². The van der Waals surface area contributed by atoms with Gasteiger partial charge < -0.3 is 15.1 Å². The van der Waals surface area contributed by atoms with E-state index in [1.807, 2.05) is 24.4 Å². The van der Waals surface area contributed by atoms with E-state index in [1.165, 1.54) is 0 Å². The van der Waals surface area contributed by atoms with Gasteiger partial charge in [0, 0.05) is 38.0 Å². The third kappa shape index (κ3) is 4.97. The summed E-state index contributed by atoms with van der Waals surface area (Å²) >= 11 is 0. The Morgan fingerprint density at radius 2 is 2.08 bits per heavy atom. The first kappa shape index (κ1) is 25.8. The van der Waals surface area contributed by atoms with Crippen LogP contribution < -0.4 is 5.32 Å². The normalized spacial score (nSPS) is 24.0. The molecule has 3 aliphatic heterocycles. The van der Waals surface area contributed by atoms with Crippen molar-refractivity contribution in [2.45, 2.75) is 76.7 Å². The van der Waals surface area contributed by atoms with Gasteiger partial charge in [-0.1, -0.05) is 37.3 Å². The fourth-order valence-corrected chi connectivity index (χ4v) is 5.43. The monoisotopic (exact) mass is 525 g/mol. The maximum absolute atomic E-state index is 13.8. The summed E-state index contributed by atoms with van der Waals surface area (Å²) in [5.74, 6) is -4.99. The Bertz CT molecular complexity index is 1320. The maximum atomic E-state index is 13.8. The van der Waals surface area contributed by atoms with E-state index >= 15 is 0 Å². The lowest BCUT2D eigenvalue weighted by atomic mass is 9.99. The van der Waals surface area contributed by atoms with Gasteiger partial charge in [0.2, 0.25) is 17.7 Å². The molecule has 0 unspecified atom stereocenters. The number of nitriles is 1. The summed E-state index contributed by atoms with van der Waals surface area (Å²) < 4.78 is 29.3. The summed E-state index contributed by atoms with van der Waals surface area (Å²) in [5, 5.41) is 20.1. The minimum Gasteiger partial charge on any atom is -0.344 e. The van der Waals surface area contributed by atoms with Crippen molar-refractivity contribution in [3.8, 4) is 6.07 Å². The van der Waals surface area contributed by atoms with Crippen LogP contribution in [0.4, 0.5) is 8.78 Å². The third-order valence-electron chi connectivity index (χ3n) is 7.54. The summed E-state index contributed by atoms with van der Waals surface area (Å²) in [7, 11) is 0. The van der Waals surface area contributed by atoms with Gasteiger partial charge in [0.25, 0.3) is 5.92 Å². The number of fused-ring (bicyclic) bond motifs is 1. The Balaban J connectivity index is 1.21. The first-order chi connectivity index (χ1) is 18.0. The molecule has 5 rings (SSSR count). The number of alkyl halides is 2. The molecule has 3 aliphatic rings. The molecular weight excluding hydrogens is 496 g/mol. The molecule has 3 amide bonds. The number of aromatic nitrogens is 3. The second-order valence-electron chi connectivity index (χ2n) is 10.7. The minimum absolute atomic E-state index is 0.0279. The van der Waals surface area contributed by atoms with Crippen molar-refractivity contribution in [2.75, 3.05) is 6.54 Å². The molecule has 0 spiro atoms. The Kier molecular flexibility index (Phi) is 6.63. The van der Waals surface area contributed by atoms with Crippen LogP contribution in [0.25, 0.3) is 0 Å². The Labute approximate surface area is 218 Å². The lowest BCUT2D eigenvalue weighted by Crippen LogP contribution is -2.46. The number of halogens is 2. The lowest BCUT2D eigenvalue weighted by molar-refractivity contribution is -0.135. The smallest absolute Gasteiger partial charge is 0.268 e. The number of carbonyl (C=O) groups excluding carboxylic acids is 3. The molecule has 0 bridgehead atoms. The molecule has 38 heavy (non-hydrogen) atoms. The van der Waals surface area contributed by atoms with Gasteiger partial charge in [-0.2, -0.15) is 5.26 Å². The van der Waals surface area contributed by atoms with E-state index in [-0.39, 0.29) is 24.7 Å². The number of benzene rings is 1. The number of nitrogens with zero attached hydrogens (tertiary/aromatic N) is 6. The number of carbonyl (C=O) groups is 3. The first-order valence-electron chi connectivity index (χ1n) is 12.7. The van der Waals surface area contributed by atoms with Crippen LogP contribution in [0.1, 0.15) is 61.4 Å². The van der Waals surface area contributed by atoms with Crippen LogP contribution in [0.3, 0.4) is 0 Å². The number of amides is 3. The lowest BCUT2D eigenvalue weighted by Gasteiger charge is -2.22. The van der Waals surface area contributed by atoms with Crippen molar-refractivity contribution in [3.05, 3.63) is 46.8 Å². The van der Waals surface area contributed by atoms with Crippen LogP contribution in [0, 0.1) is 17.2 Å². The molecule has 4 heterocycles.